The summed E-state index contributed by atoms with van der Waals surface area (Å²) in [7, 11) is 0. The van der Waals surface area contributed by atoms with E-state index in [4.69, 9.17) is 14.9 Å². The Morgan fingerprint density at radius 3 is 2.14 bits per heavy atom. The summed E-state index contributed by atoms with van der Waals surface area (Å²) >= 11 is 0. The highest BCUT2D eigenvalue weighted by atomic mass is 16.6. The first kappa shape index (κ1) is 18.2. The minimum absolute atomic E-state index is 0.182. The number of carbonyl (C=O) groups excluding carboxylic acids is 1. The molecule has 0 radical (unpaired) electrons. The fourth-order valence-electron chi connectivity index (χ4n) is 2.89. The monoisotopic (exact) mass is 301 g/mol. The number of ether oxygens (including phenoxy) is 1. The van der Waals surface area contributed by atoms with Crippen LogP contribution in [-0.4, -0.2) is 53.1 Å². The van der Waals surface area contributed by atoms with Crippen molar-refractivity contribution in [2.45, 2.75) is 58.5 Å². The van der Waals surface area contributed by atoms with Crippen molar-refractivity contribution >= 4 is 6.09 Å². The van der Waals surface area contributed by atoms with Gasteiger partial charge in [0, 0.05) is 26.3 Å². The average Bonchev–Trinajstić information content (AvgIpc) is 2.38. The smallest absolute Gasteiger partial charge is 0.410 e. The van der Waals surface area contributed by atoms with E-state index in [0.717, 1.165) is 45.2 Å². The molecule has 0 unspecified atom stereocenters. The standard InChI is InChI=1S/C16H31NO4/c1-16(2,3)21-15(20)17-8-4-13(5-9-17)12-14(6-10-18)7-11-19/h13-14,18-19H,4-12H2,1-3H3. The molecule has 1 fully saturated rings. The number of nitrogens with zero attached hydrogens (tertiary/aromatic N) is 1. The van der Waals surface area contributed by atoms with Gasteiger partial charge in [0.1, 0.15) is 5.60 Å². The minimum atomic E-state index is -0.443. The number of hydrogen-bond acceptors (Lipinski definition) is 4. The van der Waals surface area contributed by atoms with Crippen molar-refractivity contribution in [1.82, 2.24) is 4.90 Å². The number of rotatable bonds is 6. The minimum Gasteiger partial charge on any atom is -0.444 e. The molecule has 0 aromatic heterocycles. The lowest BCUT2D eigenvalue weighted by Crippen LogP contribution is -2.42. The summed E-state index contributed by atoms with van der Waals surface area (Å²) < 4.78 is 5.39. The van der Waals surface area contributed by atoms with Crippen LogP contribution in [0.15, 0.2) is 0 Å². The first-order valence-electron chi connectivity index (χ1n) is 8.05. The lowest BCUT2D eigenvalue weighted by molar-refractivity contribution is 0.0173. The second-order valence-corrected chi connectivity index (χ2v) is 7.04. The van der Waals surface area contributed by atoms with E-state index in [9.17, 15) is 4.79 Å². The first-order valence-corrected chi connectivity index (χ1v) is 8.05. The summed E-state index contributed by atoms with van der Waals surface area (Å²) in [5.41, 5.74) is -0.443. The third kappa shape index (κ3) is 7.14. The quantitative estimate of drug-likeness (QED) is 0.790. The molecule has 1 aliphatic heterocycles. The highest BCUT2D eigenvalue weighted by Crippen LogP contribution is 2.28. The van der Waals surface area contributed by atoms with E-state index >= 15 is 0 Å². The second kappa shape index (κ2) is 8.59. The zero-order chi connectivity index (χ0) is 15.9. The lowest BCUT2D eigenvalue weighted by atomic mass is 9.84. The molecule has 5 heteroatoms. The number of likely N-dealkylation sites (tertiary alicyclic amines) is 1. The van der Waals surface area contributed by atoms with Crippen molar-refractivity contribution in [3.63, 3.8) is 0 Å². The first-order chi connectivity index (χ1) is 9.85. The van der Waals surface area contributed by atoms with Crippen molar-refractivity contribution in [2.24, 2.45) is 11.8 Å². The summed E-state index contributed by atoms with van der Waals surface area (Å²) in [6.07, 6.45) is 4.28. The van der Waals surface area contributed by atoms with E-state index in [1.54, 1.807) is 4.90 Å². The van der Waals surface area contributed by atoms with Crippen LogP contribution in [0.3, 0.4) is 0 Å². The van der Waals surface area contributed by atoms with Gasteiger partial charge in [0.05, 0.1) is 0 Å². The number of aliphatic hydroxyl groups is 2. The molecule has 0 aromatic rings. The Labute approximate surface area is 128 Å². The SMILES string of the molecule is CC(C)(C)OC(=O)N1CCC(CC(CCO)CCO)CC1. The Bertz CT molecular complexity index is 300. The van der Waals surface area contributed by atoms with Gasteiger partial charge in [-0.2, -0.15) is 0 Å². The fourth-order valence-corrected chi connectivity index (χ4v) is 2.89. The third-order valence-corrected chi connectivity index (χ3v) is 4.01. The summed E-state index contributed by atoms with van der Waals surface area (Å²) in [4.78, 5) is 13.8. The van der Waals surface area contributed by atoms with Crippen LogP contribution in [0.1, 0.15) is 52.9 Å². The molecular formula is C16H31NO4. The highest BCUT2D eigenvalue weighted by molar-refractivity contribution is 5.68. The Balaban J connectivity index is 2.35. The van der Waals surface area contributed by atoms with Gasteiger partial charge in [-0.15, -0.1) is 0 Å². The van der Waals surface area contributed by atoms with E-state index in [2.05, 4.69) is 0 Å². The maximum atomic E-state index is 12.0. The molecule has 0 atom stereocenters. The lowest BCUT2D eigenvalue weighted by Gasteiger charge is -2.34. The van der Waals surface area contributed by atoms with Crippen LogP contribution in [0, 0.1) is 11.8 Å². The van der Waals surface area contributed by atoms with Crippen LogP contribution >= 0.6 is 0 Å². The van der Waals surface area contributed by atoms with E-state index in [-0.39, 0.29) is 19.3 Å². The Kier molecular flexibility index (Phi) is 7.46. The molecule has 0 spiro atoms. The van der Waals surface area contributed by atoms with Crippen LogP contribution in [0.25, 0.3) is 0 Å². The van der Waals surface area contributed by atoms with Gasteiger partial charge in [-0.1, -0.05) is 0 Å². The van der Waals surface area contributed by atoms with E-state index in [0.29, 0.717) is 11.8 Å². The van der Waals surface area contributed by atoms with Gasteiger partial charge in [-0.3, -0.25) is 0 Å². The van der Waals surface area contributed by atoms with Crippen molar-refractivity contribution in [3.8, 4) is 0 Å². The summed E-state index contributed by atoms with van der Waals surface area (Å²) in [6, 6.07) is 0. The average molecular weight is 301 g/mol. The molecule has 2 N–H and O–H groups in total. The molecule has 124 valence electrons. The molecule has 1 aliphatic rings. The van der Waals surface area contributed by atoms with Gasteiger partial charge in [-0.05, 0) is 64.7 Å². The summed E-state index contributed by atoms with van der Waals surface area (Å²) in [6.45, 7) is 7.49. The molecule has 1 amide bonds. The summed E-state index contributed by atoms with van der Waals surface area (Å²) in [5, 5.41) is 18.1. The maximum Gasteiger partial charge on any atom is 0.410 e. The number of aliphatic hydroxyl groups excluding tert-OH is 2. The van der Waals surface area contributed by atoms with Gasteiger partial charge in [-0.25, -0.2) is 4.79 Å². The third-order valence-electron chi connectivity index (χ3n) is 4.01. The Morgan fingerprint density at radius 1 is 1.19 bits per heavy atom. The van der Waals surface area contributed by atoms with Crippen LogP contribution in [0.5, 0.6) is 0 Å². The Hall–Kier alpha value is -0.810. The van der Waals surface area contributed by atoms with Crippen LogP contribution in [0.4, 0.5) is 4.79 Å². The molecule has 1 saturated heterocycles. The molecule has 0 aromatic carbocycles. The summed E-state index contributed by atoms with van der Waals surface area (Å²) in [5.74, 6) is 0.963. The molecule has 5 nitrogen and oxygen atoms in total. The predicted octanol–water partition coefficient (Wildman–Crippen LogP) is 2.40. The van der Waals surface area contributed by atoms with Gasteiger partial charge in [0.15, 0.2) is 0 Å². The van der Waals surface area contributed by atoms with Gasteiger partial charge in [0.2, 0.25) is 0 Å². The van der Waals surface area contributed by atoms with Crippen molar-refractivity contribution < 1.29 is 19.7 Å². The largest absolute Gasteiger partial charge is 0.444 e. The molecule has 0 saturated carbocycles. The predicted molar refractivity (Wildman–Crippen MR) is 82.0 cm³/mol. The van der Waals surface area contributed by atoms with Crippen molar-refractivity contribution in [2.75, 3.05) is 26.3 Å². The van der Waals surface area contributed by atoms with Crippen LogP contribution < -0.4 is 0 Å². The topological polar surface area (TPSA) is 70.0 Å². The van der Waals surface area contributed by atoms with E-state index in [1.165, 1.54) is 0 Å². The zero-order valence-electron chi connectivity index (χ0n) is 13.7. The molecule has 0 bridgehead atoms. The normalized spacial score (nSPS) is 17.3. The maximum absolute atomic E-state index is 12.0. The number of carbonyl (C=O) groups is 1. The van der Waals surface area contributed by atoms with E-state index in [1.807, 2.05) is 20.8 Å². The van der Waals surface area contributed by atoms with Crippen molar-refractivity contribution in [3.05, 3.63) is 0 Å². The number of amides is 1. The van der Waals surface area contributed by atoms with Crippen molar-refractivity contribution in [1.29, 1.82) is 0 Å². The van der Waals surface area contributed by atoms with Crippen LogP contribution in [0.2, 0.25) is 0 Å². The molecule has 1 rings (SSSR count). The number of piperidine rings is 1. The molecule has 1 heterocycles. The second-order valence-electron chi connectivity index (χ2n) is 7.04. The highest BCUT2D eigenvalue weighted by Gasteiger charge is 2.27. The van der Waals surface area contributed by atoms with E-state index < -0.39 is 5.60 Å². The molecule has 0 aliphatic carbocycles. The van der Waals surface area contributed by atoms with Gasteiger partial charge in [0.25, 0.3) is 0 Å². The van der Waals surface area contributed by atoms with Gasteiger partial charge >= 0.3 is 6.09 Å². The Morgan fingerprint density at radius 2 is 1.71 bits per heavy atom. The number of hydrogen-bond donors (Lipinski definition) is 2. The fraction of sp³-hybridized carbons (Fsp3) is 0.938. The zero-order valence-corrected chi connectivity index (χ0v) is 13.7. The molecular weight excluding hydrogens is 270 g/mol. The van der Waals surface area contributed by atoms with Gasteiger partial charge < -0.3 is 19.8 Å². The van der Waals surface area contributed by atoms with Crippen LogP contribution in [-0.2, 0) is 4.74 Å². The molecule has 21 heavy (non-hydrogen) atoms.